The molecule has 2 N–H and O–H groups in total. The second-order valence-corrected chi connectivity index (χ2v) is 3.29. The van der Waals surface area contributed by atoms with E-state index in [1.165, 1.54) is 0 Å². The molecule has 0 saturated carbocycles. The quantitative estimate of drug-likeness (QED) is 0.307. The van der Waals surface area contributed by atoms with Gasteiger partial charge in [0.1, 0.15) is 13.2 Å². The maximum absolute atomic E-state index is 10.9. The van der Waals surface area contributed by atoms with Gasteiger partial charge in [-0.3, -0.25) is 0 Å². The molecular formula is C12H14O9. The van der Waals surface area contributed by atoms with Gasteiger partial charge in [-0.1, -0.05) is 0 Å². The highest BCUT2D eigenvalue weighted by molar-refractivity contribution is 5.91. The molecule has 9 heteroatoms. The first kappa shape index (κ1) is 18.3. The molecule has 0 heterocycles. The molecule has 0 aromatic heterocycles. The van der Waals surface area contributed by atoms with E-state index in [2.05, 4.69) is 9.47 Å². The molecule has 0 rings (SSSR count). The molecular weight excluding hydrogens is 288 g/mol. The minimum Gasteiger partial charge on any atom is -0.478 e. The molecule has 0 saturated heterocycles. The van der Waals surface area contributed by atoms with Gasteiger partial charge in [0.25, 0.3) is 0 Å². The number of carbonyl (C=O) groups excluding carboxylic acids is 2. The lowest BCUT2D eigenvalue weighted by Gasteiger charge is -2.04. The monoisotopic (exact) mass is 302 g/mol. The van der Waals surface area contributed by atoms with Crippen LogP contribution in [-0.2, 0) is 33.4 Å². The van der Waals surface area contributed by atoms with Gasteiger partial charge < -0.3 is 24.4 Å². The van der Waals surface area contributed by atoms with Crippen LogP contribution in [0, 0.1) is 0 Å². The number of esters is 2. The third-order valence-electron chi connectivity index (χ3n) is 1.67. The third kappa shape index (κ3) is 13.6. The van der Waals surface area contributed by atoms with Gasteiger partial charge in [-0.15, -0.1) is 0 Å². The maximum atomic E-state index is 10.9. The van der Waals surface area contributed by atoms with Crippen LogP contribution in [0.3, 0.4) is 0 Å². The number of hydrogen-bond donors (Lipinski definition) is 2. The minimum atomic E-state index is -1.26. The molecule has 0 aromatic carbocycles. The fourth-order valence-electron chi connectivity index (χ4n) is 0.879. The summed E-state index contributed by atoms with van der Waals surface area (Å²) < 4.78 is 14.1. The van der Waals surface area contributed by atoms with Gasteiger partial charge in [0.2, 0.25) is 0 Å². The van der Waals surface area contributed by atoms with Crippen molar-refractivity contribution in [2.45, 2.75) is 0 Å². The number of ether oxygens (including phenoxy) is 3. The van der Waals surface area contributed by atoms with E-state index in [-0.39, 0.29) is 26.4 Å². The number of carbonyl (C=O) groups is 4. The summed E-state index contributed by atoms with van der Waals surface area (Å²) in [5.41, 5.74) is 0. The number of carboxylic acid groups (broad SMARTS) is 2. The first-order valence-electron chi connectivity index (χ1n) is 5.65. The van der Waals surface area contributed by atoms with E-state index in [0.717, 1.165) is 12.2 Å². The predicted octanol–water partition coefficient (Wildman–Crippen LogP) is -0.629. The number of rotatable bonds is 10. The number of carboxylic acids is 2. The predicted molar refractivity (Wildman–Crippen MR) is 66.3 cm³/mol. The lowest BCUT2D eigenvalue weighted by Crippen LogP contribution is -2.13. The SMILES string of the molecule is O=C(O)/C=C/C(=O)OCCOCCOC(=O)/C=C/C(=O)O. The van der Waals surface area contributed by atoms with Crippen LogP contribution in [0.5, 0.6) is 0 Å². The second kappa shape index (κ2) is 11.2. The van der Waals surface area contributed by atoms with Gasteiger partial charge in [0.05, 0.1) is 13.2 Å². The molecule has 0 spiro atoms. The topological polar surface area (TPSA) is 136 Å². The van der Waals surface area contributed by atoms with Crippen molar-refractivity contribution in [2.75, 3.05) is 26.4 Å². The Morgan fingerprint density at radius 1 is 0.667 bits per heavy atom. The highest BCUT2D eigenvalue weighted by atomic mass is 16.6. The highest BCUT2D eigenvalue weighted by Gasteiger charge is 2.00. The lowest BCUT2D eigenvalue weighted by molar-refractivity contribution is -0.141. The summed E-state index contributed by atoms with van der Waals surface area (Å²) in [5, 5.41) is 16.5. The van der Waals surface area contributed by atoms with Crippen LogP contribution < -0.4 is 0 Å². The van der Waals surface area contributed by atoms with Crippen LogP contribution in [0.1, 0.15) is 0 Å². The Balaban J connectivity index is 3.52. The molecule has 0 bridgehead atoms. The largest absolute Gasteiger partial charge is 0.478 e. The Bertz CT molecular complexity index is 396. The summed E-state index contributed by atoms with van der Waals surface area (Å²) >= 11 is 0. The van der Waals surface area contributed by atoms with E-state index in [1.807, 2.05) is 0 Å². The van der Waals surface area contributed by atoms with Crippen molar-refractivity contribution in [3.8, 4) is 0 Å². The van der Waals surface area contributed by atoms with Crippen molar-refractivity contribution in [1.82, 2.24) is 0 Å². The summed E-state index contributed by atoms with van der Waals surface area (Å²) in [6, 6.07) is 0. The Hall–Kier alpha value is -2.68. The summed E-state index contributed by atoms with van der Waals surface area (Å²) in [5.74, 6) is -4.15. The zero-order chi connectivity index (χ0) is 16.1. The molecule has 0 aliphatic heterocycles. The van der Waals surface area contributed by atoms with Crippen LogP contribution in [0.15, 0.2) is 24.3 Å². The van der Waals surface area contributed by atoms with Crippen LogP contribution in [0.25, 0.3) is 0 Å². The van der Waals surface area contributed by atoms with Gasteiger partial charge >= 0.3 is 23.9 Å². The van der Waals surface area contributed by atoms with E-state index < -0.39 is 23.9 Å². The average molecular weight is 302 g/mol. The molecule has 0 aliphatic carbocycles. The highest BCUT2D eigenvalue weighted by Crippen LogP contribution is 1.86. The van der Waals surface area contributed by atoms with Crippen molar-refractivity contribution in [1.29, 1.82) is 0 Å². The molecule has 0 atom stereocenters. The molecule has 116 valence electrons. The second-order valence-electron chi connectivity index (χ2n) is 3.29. The Morgan fingerprint density at radius 3 is 1.38 bits per heavy atom. The summed E-state index contributed by atoms with van der Waals surface area (Å²) in [6.07, 6.45) is 2.82. The van der Waals surface area contributed by atoms with Crippen LogP contribution in [-0.4, -0.2) is 60.5 Å². The van der Waals surface area contributed by atoms with Gasteiger partial charge in [-0.05, 0) is 0 Å². The van der Waals surface area contributed by atoms with E-state index in [9.17, 15) is 19.2 Å². The van der Waals surface area contributed by atoms with Gasteiger partial charge in [0, 0.05) is 24.3 Å². The maximum Gasteiger partial charge on any atom is 0.331 e. The number of hydrogen-bond acceptors (Lipinski definition) is 7. The molecule has 0 aliphatic rings. The first-order valence-corrected chi connectivity index (χ1v) is 5.65. The molecule has 21 heavy (non-hydrogen) atoms. The fraction of sp³-hybridized carbons (Fsp3) is 0.333. The Labute approximate surface area is 119 Å². The molecule has 0 unspecified atom stereocenters. The number of aliphatic carboxylic acids is 2. The normalized spacial score (nSPS) is 10.7. The zero-order valence-corrected chi connectivity index (χ0v) is 10.9. The van der Waals surface area contributed by atoms with E-state index in [0.29, 0.717) is 12.2 Å². The summed E-state index contributed by atoms with van der Waals surface area (Å²) in [7, 11) is 0. The van der Waals surface area contributed by atoms with Crippen molar-refractivity contribution < 1.29 is 43.6 Å². The van der Waals surface area contributed by atoms with Crippen LogP contribution >= 0.6 is 0 Å². The summed E-state index contributed by atoms with van der Waals surface area (Å²) in [6.45, 7) is -0.102. The molecule has 9 nitrogen and oxygen atoms in total. The smallest absolute Gasteiger partial charge is 0.331 e. The van der Waals surface area contributed by atoms with Crippen molar-refractivity contribution in [3.63, 3.8) is 0 Å². The van der Waals surface area contributed by atoms with E-state index >= 15 is 0 Å². The standard InChI is InChI=1S/C12H14O9/c13-9(14)1-3-11(17)20-7-5-19-6-8-21-12(18)4-2-10(15)16/h1-4H,5-8H2,(H,13,14)(H,15,16)/b3-1+,4-2+. The molecule has 0 fully saturated rings. The van der Waals surface area contributed by atoms with Gasteiger partial charge in [-0.25, -0.2) is 19.2 Å². The van der Waals surface area contributed by atoms with Crippen LogP contribution in [0.4, 0.5) is 0 Å². The molecule has 0 amide bonds. The fourth-order valence-corrected chi connectivity index (χ4v) is 0.879. The molecule has 0 radical (unpaired) electrons. The van der Waals surface area contributed by atoms with E-state index in [1.54, 1.807) is 0 Å². The average Bonchev–Trinajstić information content (AvgIpc) is 2.41. The summed E-state index contributed by atoms with van der Waals surface area (Å²) in [4.78, 5) is 42.0. The van der Waals surface area contributed by atoms with E-state index in [4.69, 9.17) is 14.9 Å². The van der Waals surface area contributed by atoms with Crippen LogP contribution in [0.2, 0.25) is 0 Å². The Kier molecular flexibility index (Phi) is 9.75. The minimum absolute atomic E-state index is 0.0369. The Morgan fingerprint density at radius 2 is 1.05 bits per heavy atom. The third-order valence-corrected chi connectivity index (χ3v) is 1.67. The molecule has 0 aromatic rings. The lowest BCUT2D eigenvalue weighted by atomic mass is 10.5. The van der Waals surface area contributed by atoms with Crippen molar-refractivity contribution >= 4 is 23.9 Å². The van der Waals surface area contributed by atoms with Crippen molar-refractivity contribution in [3.05, 3.63) is 24.3 Å². The first-order chi connectivity index (χ1) is 9.91. The van der Waals surface area contributed by atoms with Gasteiger partial charge in [-0.2, -0.15) is 0 Å². The van der Waals surface area contributed by atoms with Crippen molar-refractivity contribution in [2.24, 2.45) is 0 Å². The van der Waals surface area contributed by atoms with Gasteiger partial charge in [0.15, 0.2) is 0 Å². The zero-order valence-electron chi connectivity index (χ0n) is 10.9.